The second-order valence-corrected chi connectivity index (χ2v) is 5.19. The highest BCUT2D eigenvalue weighted by atomic mass is 15.0. The molecule has 0 atom stereocenters. The van der Waals surface area contributed by atoms with Crippen LogP contribution in [-0.4, -0.2) is 11.1 Å². The van der Waals surface area contributed by atoms with E-state index in [9.17, 15) is 0 Å². The molecule has 0 amide bonds. The lowest BCUT2D eigenvalue weighted by Crippen LogP contribution is -2.14. The van der Waals surface area contributed by atoms with Gasteiger partial charge >= 0.3 is 0 Å². The molecule has 19 heavy (non-hydrogen) atoms. The molecule has 2 nitrogen and oxygen atoms in total. The summed E-state index contributed by atoms with van der Waals surface area (Å²) in [5.41, 5.74) is 2.78. The normalized spacial score (nSPS) is 11.3. The highest BCUT2D eigenvalue weighted by molar-refractivity contribution is 5.83. The van der Waals surface area contributed by atoms with Crippen molar-refractivity contribution < 1.29 is 0 Å². The summed E-state index contributed by atoms with van der Waals surface area (Å²) in [4.78, 5) is 0. The molecule has 0 radical (unpaired) electrons. The fourth-order valence-electron chi connectivity index (χ4n) is 2.63. The van der Waals surface area contributed by atoms with Gasteiger partial charge in [0.2, 0.25) is 0 Å². The molecule has 0 spiro atoms. The summed E-state index contributed by atoms with van der Waals surface area (Å²) in [5.74, 6) is 0. The van der Waals surface area contributed by atoms with Crippen molar-refractivity contribution in [3.05, 3.63) is 36.0 Å². The average molecular weight is 258 g/mol. The standard InChI is InChI=1S/C17H26N2/c1-3-5-6-9-12-18-13-15-14-19(4-2)17-11-8-7-10-16(15)17/h7-8,10-11,14,18H,3-6,9,12-13H2,1-2H3. The molecule has 0 aliphatic rings. The number of aromatic nitrogens is 1. The van der Waals surface area contributed by atoms with Crippen molar-refractivity contribution in [2.45, 2.75) is 52.6 Å². The van der Waals surface area contributed by atoms with Crippen molar-refractivity contribution in [3.8, 4) is 0 Å². The molecule has 0 saturated heterocycles. The van der Waals surface area contributed by atoms with Crippen LogP contribution < -0.4 is 5.32 Å². The molecule has 0 aliphatic heterocycles. The van der Waals surface area contributed by atoms with Crippen LogP contribution in [0, 0.1) is 0 Å². The number of nitrogens with one attached hydrogen (secondary N) is 1. The molecule has 1 N–H and O–H groups in total. The minimum absolute atomic E-state index is 0.986. The number of aryl methyl sites for hydroxylation is 1. The Labute approximate surface area is 116 Å². The Kier molecular flexibility index (Phi) is 5.46. The van der Waals surface area contributed by atoms with E-state index in [1.807, 2.05) is 0 Å². The third-order valence-corrected chi connectivity index (χ3v) is 3.73. The van der Waals surface area contributed by atoms with Crippen molar-refractivity contribution >= 4 is 10.9 Å². The Hall–Kier alpha value is -1.28. The number of hydrogen-bond donors (Lipinski definition) is 1. The Morgan fingerprint density at radius 3 is 2.68 bits per heavy atom. The fourth-order valence-corrected chi connectivity index (χ4v) is 2.63. The minimum Gasteiger partial charge on any atom is -0.347 e. The average Bonchev–Trinajstić information content (AvgIpc) is 2.81. The van der Waals surface area contributed by atoms with Crippen molar-refractivity contribution in [2.24, 2.45) is 0 Å². The van der Waals surface area contributed by atoms with Crippen LogP contribution in [0.25, 0.3) is 10.9 Å². The molecule has 2 rings (SSSR count). The first-order valence-corrected chi connectivity index (χ1v) is 7.64. The van der Waals surface area contributed by atoms with Gasteiger partial charge in [0.15, 0.2) is 0 Å². The molecule has 1 heterocycles. The van der Waals surface area contributed by atoms with Gasteiger partial charge in [0.1, 0.15) is 0 Å². The zero-order valence-corrected chi connectivity index (χ0v) is 12.3. The first-order valence-electron chi connectivity index (χ1n) is 7.64. The first kappa shape index (κ1) is 14.1. The molecular formula is C17H26N2. The Morgan fingerprint density at radius 1 is 1.05 bits per heavy atom. The zero-order chi connectivity index (χ0) is 13.5. The quantitative estimate of drug-likeness (QED) is 0.697. The predicted octanol–water partition coefficient (Wildman–Crippen LogP) is 4.33. The van der Waals surface area contributed by atoms with Crippen LogP contribution in [0.15, 0.2) is 30.5 Å². The summed E-state index contributed by atoms with van der Waals surface area (Å²) in [6.45, 7) is 7.61. The summed E-state index contributed by atoms with van der Waals surface area (Å²) >= 11 is 0. The molecular weight excluding hydrogens is 232 g/mol. The van der Waals surface area contributed by atoms with Crippen molar-refractivity contribution in [2.75, 3.05) is 6.54 Å². The number of benzene rings is 1. The van der Waals surface area contributed by atoms with Crippen LogP contribution in [0.3, 0.4) is 0 Å². The van der Waals surface area contributed by atoms with E-state index in [4.69, 9.17) is 0 Å². The molecule has 104 valence electrons. The molecule has 0 aliphatic carbocycles. The summed E-state index contributed by atoms with van der Waals surface area (Å²) in [7, 11) is 0. The number of rotatable bonds is 8. The van der Waals surface area contributed by atoms with Crippen LogP contribution in [0.5, 0.6) is 0 Å². The SMILES string of the molecule is CCCCCCNCc1cn(CC)c2ccccc12. The zero-order valence-electron chi connectivity index (χ0n) is 12.3. The molecule has 1 aromatic carbocycles. The Bertz CT molecular complexity index is 499. The number of para-hydroxylation sites is 1. The van der Waals surface area contributed by atoms with E-state index in [-0.39, 0.29) is 0 Å². The highest BCUT2D eigenvalue weighted by Crippen LogP contribution is 2.21. The number of unbranched alkanes of at least 4 members (excludes halogenated alkanes) is 3. The molecule has 1 aromatic heterocycles. The molecule has 0 saturated carbocycles. The molecule has 0 bridgehead atoms. The van der Waals surface area contributed by atoms with Crippen LogP contribution in [-0.2, 0) is 13.1 Å². The maximum Gasteiger partial charge on any atom is 0.0483 e. The van der Waals surface area contributed by atoms with E-state index < -0.39 is 0 Å². The fraction of sp³-hybridized carbons (Fsp3) is 0.529. The van der Waals surface area contributed by atoms with Crippen LogP contribution in [0.2, 0.25) is 0 Å². The maximum atomic E-state index is 3.58. The first-order chi connectivity index (χ1) is 9.36. The largest absolute Gasteiger partial charge is 0.347 e. The Morgan fingerprint density at radius 2 is 1.89 bits per heavy atom. The van der Waals surface area contributed by atoms with Crippen molar-refractivity contribution in [3.63, 3.8) is 0 Å². The smallest absolute Gasteiger partial charge is 0.0483 e. The lowest BCUT2D eigenvalue weighted by molar-refractivity contribution is 0.598. The van der Waals surface area contributed by atoms with Crippen LogP contribution in [0.4, 0.5) is 0 Å². The number of fused-ring (bicyclic) bond motifs is 1. The molecule has 0 fully saturated rings. The van der Waals surface area contributed by atoms with Crippen LogP contribution in [0.1, 0.15) is 45.1 Å². The monoisotopic (exact) mass is 258 g/mol. The van der Waals surface area contributed by atoms with E-state index in [2.05, 4.69) is 54.2 Å². The van der Waals surface area contributed by atoms with Gasteiger partial charge in [0, 0.05) is 30.2 Å². The van der Waals surface area contributed by atoms with E-state index in [1.54, 1.807) is 0 Å². The summed E-state index contributed by atoms with van der Waals surface area (Å²) < 4.78 is 2.34. The van der Waals surface area contributed by atoms with E-state index in [0.717, 1.165) is 19.6 Å². The van der Waals surface area contributed by atoms with Gasteiger partial charge in [-0.15, -0.1) is 0 Å². The third kappa shape index (κ3) is 3.60. The van der Waals surface area contributed by atoms with Gasteiger partial charge in [-0.3, -0.25) is 0 Å². The van der Waals surface area contributed by atoms with Crippen LogP contribution >= 0.6 is 0 Å². The molecule has 2 aromatic rings. The lowest BCUT2D eigenvalue weighted by Gasteiger charge is -2.03. The highest BCUT2D eigenvalue weighted by Gasteiger charge is 2.06. The predicted molar refractivity (Wildman–Crippen MR) is 83.5 cm³/mol. The second-order valence-electron chi connectivity index (χ2n) is 5.19. The van der Waals surface area contributed by atoms with Gasteiger partial charge in [-0.05, 0) is 31.5 Å². The Balaban J connectivity index is 1.93. The van der Waals surface area contributed by atoms with Gasteiger partial charge in [-0.2, -0.15) is 0 Å². The van der Waals surface area contributed by atoms with Gasteiger partial charge in [-0.25, -0.2) is 0 Å². The summed E-state index contributed by atoms with van der Waals surface area (Å²) in [5, 5.41) is 4.97. The van der Waals surface area contributed by atoms with E-state index >= 15 is 0 Å². The minimum atomic E-state index is 0.986. The maximum absolute atomic E-state index is 3.58. The van der Waals surface area contributed by atoms with Crippen molar-refractivity contribution in [1.29, 1.82) is 0 Å². The molecule has 0 unspecified atom stereocenters. The van der Waals surface area contributed by atoms with E-state index in [0.29, 0.717) is 0 Å². The molecule has 2 heteroatoms. The number of hydrogen-bond acceptors (Lipinski definition) is 1. The van der Waals surface area contributed by atoms with Gasteiger partial charge in [-0.1, -0.05) is 44.4 Å². The summed E-state index contributed by atoms with van der Waals surface area (Å²) in [6.07, 6.45) is 7.60. The summed E-state index contributed by atoms with van der Waals surface area (Å²) in [6, 6.07) is 8.70. The lowest BCUT2D eigenvalue weighted by atomic mass is 10.1. The third-order valence-electron chi connectivity index (χ3n) is 3.73. The van der Waals surface area contributed by atoms with Gasteiger partial charge < -0.3 is 9.88 Å². The topological polar surface area (TPSA) is 17.0 Å². The van der Waals surface area contributed by atoms with Gasteiger partial charge in [0.05, 0.1) is 0 Å². The second kappa shape index (κ2) is 7.34. The van der Waals surface area contributed by atoms with Gasteiger partial charge in [0.25, 0.3) is 0 Å². The van der Waals surface area contributed by atoms with E-state index in [1.165, 1.54) is 42.1 Å². The number of nitrogens with zero attached hydrogens (tertiary/aromatic N) is 1. The van der Waals surface area contributed by atoms with Crippen molar-refractivity contribution in [1.82, 2.24) is 9.88 Å².